The fraction of sp³-hybridized carbons (Fsp3) is 0.318. The average molecular weight is 409 g/mol. The van der Waals surface area contributed by atoms with Crippen LogP contribution >= 0.6 is 11.3 Å². The Balaban J connectivity index is 1.30. The van der Waals surface area contributed by atoms with E-state index in [2.05, 4.69) is 15.6 Å². The molecule has 0 unspecified atom stereocenters. The van der Waals surface area contributed by atoms with Crippen molar-refractivity contribution in [2.24, 2.45) is 0 Å². The van der Waals surface area contributed by atoms with Crippen LogP contribution in [0.1, 0.15) is 41.0 Å². The molecule has 0 saturated carbocycles. The first kappa shape index (κ1) is 19.4. The molecule has 1 fully saturated rings. The second kappa shape index (κ2) is 9.05. The fourth-order valence-electron chi connectivity index (χ4n) is 3.48. The summed E-state index contributed by atoms with van der Waals surface area (Å²) in [7, 11) is 0. The Bertz CT molecular complexity index is 958. The van der Waals surface area contributed by atoms with Gasteiger partial charge in [-0.25, -0.2) is 9.78 Å². The topological polar surface area (TPSA) is 74.3 Å². The van der Waals surface area contributed by atoms with Gasteiger partial charge in [-0.05, 0) is 49.2 Å². The molecule has 0 radical (unpaired) electrons. The van der Waals surface area contributed by atoms with Crippen molar-refractivity contribution in [3.8, 4) is 0 Å². The smallest absolute Gasteiger partial charge is 0.319 e. The van der Waals surface area contributed by atoms with Gasteiger partial charge in [0.25, 0.3) is 5.91 Å². The summed E-state index contributed by atoms with van der Waals surface area (Å²) < 4.78 is 1.11. The van der Waals surface area contributed by atoms with Crippen LogP contribution in [0.5, 0.6) is 0 Å². The summed E-state index contributed by atoms with van der Waals surface area (Å²) in [5, 5.41) is 6.49. The highest BCUT2D eigenvalue weighted by Crippen LogP contribution is 2.21. The van der Waals surface area contributed by atoms with E-state index in [1.54, 1.807) is 35.6 Å². The van der Waals surface area contributed by atoms with Gasteiger partial charge in [0.1, 0.15) is 5.01 Å². The Morgan fingerprint density at radius 1 is 0.966 bits per heavy atom. The first-order valence-electron chi connectivity index (χ1n) is 9.98. The highest BCUT2D eigenvalue weighted by atomic mass is 32.1. The number of anilines is 1. The first-order chi connectivity index (χ1) is 14.2. The number of carbonyl (C=O) groups excluding carboxylic acids is 2. The van der Waals surface area contributed by atoms with Crippen LogP contribution in [0.15, 0.2) is 48.5 Å². The number of hydrogen-bond donors (Lipinski definition) is 2. The molecule has 0 bridgehead atoms. The van der Waals surface area contributed by atoms with Crippen molar-refractivity contribution < 1.29 is 9.59 Å². The van der Waals surface area contributed by atoms with Crippen LogP contribution in [-0.2, 0) is 6.54 Å². The second-order valence-corrected chi connectivity index (χ2v) is 8.28. The molecule has 0 spiro atoms. The Morgan fingerprint density at radius 3 is 2.41 bits per heavy atom. The van der Waals surface area contributed by atoms with Crippen molar-refractivity contribution in [3.63, 3.8) is 0 Å². The Hall–Kier alpha value is -2.93. The zero-order valence-corrected chi connectivity index (χ0v) is 17.0. The Morgan fingerprint density at radius 2 is 1.69 bits per heavy atom. The van der Waals surface area contributed by atoms with Gasteiger partial charge in [0.2, 0.25) is 0 Å². The molecular formula is C22H24N4O2S. The molecule has 6 nitrogen and oxygen atoms in total. The minimum absolute atomic E-state index is 0.0683. The summed E-state index contributed by atoms with van der Waals surface area (Å²) in [5.41, 5.74) is 2.26. The number of fused-ring (bicyclic) bond motifs is 1. The van der Waals surface area contributed by atoms with Gasteiger partial charge >= 0.3 is 6.03 Å². The maximum Gasteiger partial charge on any atom is 0.319 e. The second-order valence-electron chi connectivity index (χ2n) is 7.17. The molecule has 29 heavy (non-hydrogen) atoms. The number of urea groups is 1. The van der Waals surface area contributed by atoms with Crippen molar-refractivity contribution in [1.82, 2.24) is 15.2 Å². The van der Waals surface area contributed by atoms with Crippen molar-refractivity contribution in [1.29, 1.82) is 0 Å². The molecule has 7 heteroatoms. The van der Waals surface area contributed by atoms with E-state index in [-0.39, 0.29) is 11.9 Å². The number of hydrogen-bond acceptors (Lipinski definition) is 4. The number of amides is 3. The summed E-state index contributed by atoms with van der Waals surface area (Å²) in [6.07, 6.45) is 4.53. The molecule has 3 aromatic rings. The van der Waals surface area contributed by atoms with Crippen molar-refractivity contribution in [2.75, 3.05) is 18.4 Å². The third-order valence-electron chi connectivity index (χ3n) is 5.02. The van der Waals surface area contributed by atoms with E-state index in [0.717, 1.165) is 41.2 Å². The lowest BCUT2D eigenvalue weighted by atomic mass is 10.1. The van der Waals surface area contributed by atoms with E-state index in [1.165, 1.54) is 12.8 Å². The van der Waals surface area contributed by atoms with Crippen LogP contribution in [0.4, 0.5) is 10.5 Å². The summed E-state index contributed by atoms with van der Waals surface area (Å²) in [6, 6.07) is 14.7. The van der Waals surface area contributed by atoms with E-state index in [1.807, 2.05) is 29.2 Å². The molecule has 3 amide bonds. The Kier molecular flexibility index (Phi) is 6.05. The van der Waals surface area contributed by atoms with Gasteiger partial charge in [0.15, 0.2) is 0 Å². The molecule has 1 aromatic heterocycles. The monoisotopic (exact) mass is 408 g/mol. The lowest BCUT2D eigenvalue weighted by Crippen LogP contribution is -2.31. The zero-order chi connectivity index (χ0) is 20.1. The third-order valence-corrected chi connectivity index (χ3v) is 6.06. The largest absolute Gasteiger partial charge is 0.339 e. The van der Waals surface area contributed by atoms with E-state index >= 15 is 0 Å². The quantitative estimate of drug-likeness (QED) is 0.661. The number of benzene rings is 2. The summed E-state index contributed by atoms with van der Waals surface area (Å²) in [6.45, 7) is 2.02. The normalized spacial score (nSPS) is 14.4. The molecule has 0 aliphatic carbocycles. The molecule has 1 aliphatic heterocycles. The average Bonchev–Trinajstić information content (AvgIpc) is 2.96. The minimum atomic E-state index is -0.296. The molecule has 1 saturated heterocycles. The minimum Gasteiger partial charge on any atom is -0.339 e. The number of nitrogens with zero attached hydrogens (tertiary/aromatic N) is 2. The Labute approximate surface area is 173 Å². The number of rotatable bonds is 4. The summed E-state index contributed by atoms with van der Waals surface area (Å²) >= 11 is 1.57. The molecule has 0 atom stereocenters. The molecule has 2 heterocycles. The van der Waals surface area contributed by atoms with E-state index in [4.69, 9.17) is 0 Å². The van der Waals surface area contributed by atoms with Crippen LogP contribution in [0.25, 0.3) is 10.2 Å². The molecule has 2 N–H and O–H groups in total. The number of aromatic nitrogens is 1. The lowest BCUT2D eigenvalue weighted by molar-refractivity contribution is 0.0761. The van der Waals surface area contributed by atoms with Gasteiger partial charge in [-0.15, -0.1) is 11.3 Å². The van der Waals surface area contributed by atoms with Gasteiger partial charge in [-0.2, -0.15) is 0 Å². The van der Waals surface area contributed by atoms with Gasteiger partial charge < -0.3 is 15.5 Å². The van der Waals surface area contributed by atoms with Crippen LogP contribution in [0.3, 0.4) is 0 Å². The molecular weight excluding hydrogens is 384 g/mol. The zero-order valence-electron chi connectivity index (χ0n) is 16.2. The first-order valence-corrected chi connectivity index (χ1v) is 10.8. The predicted molar refractivity (Wildman–Crippen MR) is 116 cm³/mol. The standard InChI is InChI=1S/C22H24N4O2S/c27-21(26-13-5-1-2-6-14-26)16-9-11-17(12-10-16)24-22(28)23-15-20-25-18-7-3-4-8-19(18)29-20/h3-4,7-12H,1-2,5-6,13-15H2,(H2,23,24,28). The molecule has 150 valence electrons. The maximum absolute atomic E-state index is 12.6. The fourth-order valence-corrected chi connectivity index (χ4v) is 4.39. The van der Waals surface area contributed by atoms with Crippen molar-refractivity contribution >= 4 is 39.2 Å². The molecule has 1 aliphatic rings. The van der Waals surface area contributed by atoms with E-state index < -0.39 is 0 Å². The number of para-hydroxylation sites is 1. The van der Waals surface area contributed by atoms with Crippen LogP contribution < -0.4 is 10.6 Å². The van der Waals surface area contributed by atoms with Gasteiger partial charge in [0, 0.05) is 24.3 Å². The highest BCUT2D eigenvalue weighted by molar-refractivity contribution is 7.18. The summed E-state index contributed by atoms with van der Waals surface area (Å²) in [4.78, 5) is 31.3. The van der Waals surface area contributed by atoms with Gasteiger partial charge in [0.05, 0.1) is 16.8 Å². The molecule has 2 aromatic carbocycles. The van der Waals surface area contributed by atoms with Gasteiger partial charge in [-0.3, -0.25) is 4.79 Å². The number of likely N-dealkylation sites (tertiary alicyclic amines) is 1. The predicted octanol–water partition coefficient (Wildman–Crippen LogP) is 4.63. The van der Waals surface area contributed by atoms with Crippen LogP contribution in [-0.4, -0.2) is 34.9 Å². The highest BCUT2D eigenvalue weighted by Gasteiger charge is 2.17. The SMILES string of the molecule is O=C(NCc1nc2ccccc2s1)Nc1ccc(C(=O)N2CCCCCC2)cc1. The number of carbonyl (C=O) groups is 2. The third kappa shape index (κ3) is 4.92. The van der Waals surface area contributed by atoms with Crippen molar-refractivity contribution in [3.05, 3.63) is 59.1 Å². The van der Waals surface area contributed by atoms with Crippen LogP contribution in [0.2, 0.25) is 0 Å². The number of thiazole rings is 1. The summed E-state index contributed by atoms with van der Waals surface area (Å²) in [5.74, 6) is 0.0683. The van der Waals surface area contributed by atoms with E-state index in [9.17, 15) is 9.59 Å². The number of nitrogens with one attached hydrogen (secondary N) is 2. The van der Waals surface area contributed by atoms with Gasteiger partial charge in [-0.1, -0.05) is 25.0 Å². The maximum atomic E-state index is 12.6. The van der Waals surface area contributed by atoms with Crippen LogP contribution in [0, 0.1) is 0 Å². The van der Waals surface area contributed by atoms with E-state index in [0.29, 0.717) is 17.8 Å². The van der Waals surface area contributed by atoms with Crippen molar-refractivity contribution in [2.45, 2.75) is 32.2 Å². The lowest BCUT2D eigenvalue weighted by Gasteiger charge is -2.20. The molecule has 4 rings (SSSR count).